The maximum absolute atomic E-state index is 5.45. The zero-order chi connectivity index (χ0) is 9.80. The molecule has 1 aliphatic carbocycles. The number of hydrazone groups is 1. The van der Waals surface area contributed by atoms with Crippen molar-refractivity contribution in [3.8, 4) is 0 Å². The molecule has 0 atom stereocenters. The first-order chi connectivity index (χ1) is 6.92. The SMILES string of the molecule is NN=C(c1ccncc1)C1CCCC1. The van der Waals surface area contributed by atoms with Crippen molar-refractivity contribution >= 4 is 5.71 Å². The third-order valence-corrected chi connectivity index (χ3v) is 2.86. The highest BCUT2D eigenvalue weighted by Gasteiger charge is 2.21. The van der Waals surface area contributed by atoms with Crippen LogP contribution in [0.25, 0.3) is 0 Å². The molecular weight excluding hydrogens is 174 g/mol. The van der Waals surface area contributed by atoms with Gasteiger partial charge in [-0.05, 0) is 25.0 Å². The van der Waals surface area contributed by atoms with E-state index >= 15 is 0 Å². The van der Waals surface area contributed by atoms with Crippen LogP contribution in [0.5, 0.6) is 0 Å². The molecule has 0 bridgehead atoms. The first-order valence-electron chi connectivity index (χ1n) is 5.10. The van der Waals surface area contributed by atoms with E-state index in [1.54, 1.807) is 12.4 Å². The average Bonchev–Trinajstić information content (AvgIpc) is 2.74. The number of aromatic nitrogens is 1. The summed E-state index contributed by atoms with van der Waals surface area (Å²) < 4.78 is 0. The first-order valence-corrected chi connectivity index (χ1v) is 5.10. The van der Waals surface area contributed by atoms with E-state index < -0.39 is 0 Å². The molecule has 1 aliphatic rings. The molecular formula is C11H15N3. The van der Waals surface area contributed by atoms with Gasteiger partial charge in [-0.2, -0.15) is 5.10 Å². The quantitative estimate of drug-likeness (QED) is 0.439. The Morgan fingerprint density at radius 1 is 1.29 bits per heavy atom. The molecule has 0 aliphatic heterocycles. The average molecular weight is 189 g/mol. The Kier molecular flexibility index (Phi) is 2.77. The summed E-state index contributed by atoms with van der Waals surface area (Å²) in [5, 5.41) is 3.93. The van der Waals surface area contributed by atoms with Gasteiger partial charge < -0.3 is 5.84 Å². The summed E-state index contributed by atoms with van der Waals surface area (Å²) in [6, 6.07) is 3.95. The highest BCUT2D eigenvalue weighted by Crippen LogP contribution is 2.28. The minimum atomic E-state index is 0.558. The molecule has 1 saturated carbocycles. The fraction of sp³-hybridized carbons (Fsp3) is 0.455. The van der Waals surface area contributed by atoms with Crippen molar-refractivity contribution in [2.24, 2.45) is 16.9 Å². The highest BCUT2D eigenvalue weighted by atomic mass is 15.1. The van der Waals surface area contributed by atoms with Crippen molar-refractivity contribution in [2.75, 3.05) is 0 Å². The molecule has 1 aromatic rings. The lowest BCUT2D eigenvalue weighted by Crippen LogP contribution is -2.14. The van der Waals surface area contributed by atoms with Crippen molar-refractivity contribution < 1.29 is 0 Å². The smallest absolute Gasteiger partial charge is 0.0704 e. The molecule has 2 N–H and O–H groups in total. The maximum Gasteiger partial charge on any atom is 0.0704 e. The molecule has 1 fully saturated rings. The third kappa shape index (κ3) is 1.76. The van der Waals surface area contributed by atoms with Gasteiger partial charge in [0.05, 0.1) is 5.71 Å². The molecule has 0 radical (unpaired) electrons. The Labute approximate surface area is 84.0 Å². The standard InChI is InChI=1S/C11H15N3/c12-14-11(9-3-1-2-4-9)10-5-7-13-8-6-10/h5-9H,1-4,12H2. The molecule has 74 valence electrons. The van der Waals surface area contributed by atoms with Gasteiger partial charge >= 0.3 is 0 Å². The van der Waals surface area contributed by atoms with Crippen molar-refractivity contribution in [3.63, 3.8) is 0 Å². The molecule has 0 unspecified atom stereocenters. The summed E-state index contributed by atoms with van der Waals surface area (Å²) in [5.41, 5.74) is 2.17. The van der Waals surface area contributed by atoms with Crippen LogP contribution >= 0.6 is 0 Å². The Balaban J connectivity index is 2.22. The molecule has 0 spiro atoms. The van der Waals surface area contributed by atoms with Gasteiger partial charge in [-0.3, -0.25) is 4.98 Å². The van der Waals surface area contributed by atoms with Crippen LogP contribution in [0, 0.1) is 5.92 Å². The number of hydrogen-bond donors (Lipinski definition) is 1. The van der Waals surface area contributed by atoms with Gasteiger partial charge in [0, 0.05) is 23.9 Å². The number of hydrogen-bond acceptors (Lipinski definition) is 3. The lowest BCUT2D eigenvalue weighted by molar-refractivity contribution is 0.725. The van der Waals surface area contributed by atoms with E-state index in [0.29, 0.717) is 5.92 Å². The second-order valence-electron chi connectivity index (χ2n) is 3.73. The zero-order valence-corrected chi connectivity index (χ0v) is 8.19. The normalized spacial score (nSPS) is 18.7. The predicted molar refractivity (Wildman–Crippen MR) is 56.9 cm³/mol. The fourth-order valence-electron chi connectivity index (χ4n) is 2.14. The lowest BCUT2D eigenvalue weighted by atomic mass is 9.96. The first kappa shape index (κ1) is 9.19. The fourth-order valence-corrected chi connectivity index (χ4v) is 2.14. The van der Waals surface area contributed by atoms with Crippen molar-refractivity contribution in [2.45, 2.75) is 25.7 Å². The monoisotopic (exact) mass is 189 g/mol. The van der Waals surface area contributed by atoms with Crippen LogP contribution in [-0.2, 0) is 0 Å². The van der Waals surface area contributed by atoms with Gasteiger partial charge in [0.15, 0.2) is 0 Å². The van der Waals surface area contributed by atoms with E-state index in [9.17, 15) is 0 Å². The van der Waals surface area contributed by atoms with Gasteiger partial charge in [0.25, 0.3) is 0 Å². The molecule has 0 aromatic carbocycles. The molecule has 1 aromatic heterocycles. The Morgan fingerprint density at radius 2 is 1.93 bits per heavy atom. The van der Waals surface area contributed by atoms with Crippen LogP contribution in [0.2, 0.25) is 0 Å². The number of pyridine rings is 1. The predicted octanol–water partition coefficient (Wildman–Crippen LogP) is 1.93. The summed E-state index contributed by atoms with van der Waals surface area (Å²) in [7, 11) is 0. The number of rotatable bonds is 2. The molecule has 1 heterocycles. The minimum Gasteiger partial charge on any atom is -0.323 e. The minimum absolute atomic E-state index is 0.558. The molecule has 0 amide bonds. The number of nitrogens with zero attached hydrogens (tertiary/aromatic N) is 2. The molecule has 2 rings (SSSR count). The summed E-state index contributed by atoms with van der Waals surface area (Å²) in [6.07, 6.45) is 8.62. The Morgan fingerprint density at radius 3 is 2.50 bits per heavy atom. The van der Waals surface area contributed by atoms with E-state index in [1.165, 1.54) is 25.7 Å². The second-order valence-corrected chi connectivity index (χ2v) is 3.73. The molecule has 14 heavy (non-hydrogen) atoms. The van der Waals surface area contributed by atoms with Gasteiger partial charge in [-0.25, -0.2) is 0 Å². The van der Waals surface area contributed by atoms with E-state index in [2.05, 4.69) is 10.1 Å². The van der Waals surface area contributed by atoms with E-state index in [1.807, 2.05) is 12.1 Å². The van der Waals surface area contributed by atoms with Crippen LogP contribution < -0.4 is 5.84 Å². The summed E-state index contributed by atoms with van der Waals surface area (Å²) >= 11 is 0. The van der Waals surface area contributed by atoms with Crippen molar-refractivity contribution in [1.82, 2.24) is 4.98 Å². The Hall–Kier alpha value is -1.38. The molecule has 3 heteroatoms. The van der Waals surface area contributed by atoms with Crippen molar-refractivity contribution in [3.05, 3.63) is 30.1 Å². The van der Waals surface area contributed by atoms with E-state index in [4.69, 9.17) is 5.84 Å². The van der Waals surface area contributed by atoms with Crippen LogP contribution in [0.4, 0.5) is 0 Å². The van der Waals surface area contributed by atoms with Gasteiger partial charge in [0.1, 0.15) is 0 Å². The zero-order valence-electron chi connectivity index (χ0n) is 8.19. The van der Waals surface area contributed by atoms with Crippen LogP contribution in [0.15, 0.2) is 29.6 Å². The summed E-state index contributed by atoms with van der Waals surface area (Å²) in [6.45, 7) is 0. The van der Waals surface area contributed by atoms with Crippen molar-refractivity contribution in [1.29, 1.82) is 0 Å². The Bertz CT molecular complexity index is 313. The van der Waals surface area contributed by atoms with Crippen LogP contribution in [-0.4, -0.2) is 10.7 Å². The molecule has 3 nitrogen and oxygen atoms in total. The number of nitrogens with two attached hydrogens (primary N) is 1. The van der Waals surface area contributed by atoms with Gasteiger partial charge in [0.2, 0.25) is 0 Å². The van der Waals surface area contributed by atoms with Gasteiger partial charge in [-0.15, -0.1) is 0 Å². The van der Waals surface area contributed by atoms with Crippen LogP contribution in [0.1, 0.15) is 31.2 Å². The van der Waals surface area contributed by atoms with E-state index in [0.717, 1.165) is 11.3 Å². The van der Waals surface area contributed by atoms with Gasteiger partial charge in [-0.1, -0.05) is 12.8 Å². The second kappa shape index (κ2) is 4.22. The largest absolute Gasteiger partial charge is 0.323 e. The van der Waals surface area contributed by atoms with E-state index in [-0.39, 0.29) is 0 Å². The highest BCUT2D eigenvalue weighted by molar-refractivity contribution is 6.02. The maximum atomic E-state index is 5.45. The van der Waals surface area contributed by atoms with Crippen LogP contribution in [0.3, 0.4) is 0 Å². The summed E-state index contributed by atoms with van der Waals surface area (Å²) in [5.74, 6) is 6.01. The third-order valence-electron chi connectivity index (χ3n) is 2.86. The lowest BCUT2D eigenvalue weighted by Gasteiger charge is -2.11. The topological polar surface area (TPSA) is 51.3 Å². The molecule has 0 saturated heterocycles. The summed E-state index contributed by atoms with van der Waals surface area (Å²) in [4.78, 5) is 3.99.